The van der Waals surface area contributed by atoms with Crippen molar-refractivity contribution in [2.75, 3.05) is 9.80 Å². The summed E-state index contributed by atoms with van der Waals surface area (Å²) < 4.78 is 0. The molecule has 0 saturated heterocycles. The highest BCUT2D eigenvalue weighted by molar-refractivity contribution is 6.33. The van der Waals surface area contributed by atoms with Gasteiger partial charge in [0.25, 0.3) is 0 Å². The number of anilines is 6. The van der Waals surface area contributed by atoms with Crippen molar-refractivity contribution >= 4 is 66.4 Å². The van der Waals surface area contributed by atoms with Crippen molar-refractivity contribution in [3.63, 3.8) is 0 Å². The molecule has 0 atom stereocenters. The predicted octanol–water partition coefficient (Wildman–Crippen LogP) is 21.7. The number of hydrogen-bond acceptors (Lipinski definition) is 2. The fourth-order valence-corrected chi connectivity index (χ4v) is 13.8. The van der Waals surface area contributed by atoms with Gasteiger partial charge in [-0.1, -0.05) is 228 Å². The van der Waals surface area contributed by atoms with Crippen LogP contribution in [0, 0.1) is 0 Å². The molecule has 80 heavy (non-hydrogen) atoms. The Morgan fingerprint density at radius 1 is 0.225 bits per heavy atom. The normalized spacial score (nSPS) is 13.4. The fourth-order valence-electron chi connectivity index (χ4n) is 13.8. The van der Waals surface area contributed by atoms with Crippen molar-refractivity contribution in [1.82, 2.24) is 0 Å². The van der Waals surface area contributed by atoms with E-state index in [2.05, 4.69) is 317 Å². The van der Waals surface area contributed by atoms with Gasteiger partial charge in [-0.2, -0.15) is 0 Å². The first-order valence-electron chi connectivity index (χ1n) is 28.1. The minimum Gasteiger partial charge on any atom is -0.310 e. The van der Waals surface area contributed by atoms with E-state index in [0.29, 0.717) is 0 Å². The molecule has 0 fully saturated rings. The molecule has 0 unspecified atom stereocenters. The quantitative estimate of drug-likeness (QED) is 0.133. The van der Waals surface area contributed by atoms with Gasteiger partial charge in [0.05, 0.1) is 0 Å². The maximum atomic E-state index is 2.48. The Balaban J connectivity index is 0.913. The largest absolute Gasteiger partial charge is 0.310 e. The number of hydrogen-bond donors (Lipinski definition) is 0. The van der Waals surface area contributed by atoms with Crippen LogP contribution in [-0.4, -0.2) is 0 Å². The van der Waals surface area contributed by atoms with E-state index in [4.69, 9.17) is 0 Å². The lowest BCUT2D eigenvalue weighted by molar-refractivity contribution is 0.660. The number of rotatable bonds is 9. The van der Waals surface area contributed by atoms with E-state index in [0.717, 1.165) is 45.3 Å². The Bertz CT molecular complexity index is 4550. The van der Waals surface area contributed by atoms with Crippen molar-refractivity contribution in [2.24, 2.45) is 0 Å². The lowest BCUT2D eigenvalue weighted by Crippen LogP contribution is -2.16. The molecule has 0 aliphatic heterocycles. The molecule has 0 heterocycles. The molecule has 0 spiro atoms. The van der Waals surface area contributed by atoms with Crippen LogP contribution < -0.4 is 9.80 Å². The fraction of sp³-hybridized carbons (Fsp3) is 0.0769. The van der Waals surface area contributed by atoms with Crippen molar-refractivity contribution in [3.05, 3.63) is 301 Å². The summed E-state index contributed by atoms with van der Waals surface area (Å²) in [6, 6.07) is 104. The van der Waals surface area contributed by atoms with Gasteiger partial charge in [0.15, 0.2) is 0 Å². The van der Waals surface area contributed by atoms with Crippen LogP contribution in [0.1, 0.15) is 49.9 Å². The molecule has 2 heteroatoms. The van der Waals surface area contributed by atoms with Crippen LogP contribution in [-0.2, 0) is 10.8 Å². The number of fused-ring (bicyclic) bond motifs is 12. The van der Waals surface area contributed by atoms with Gasteiger partial charge in [0.1, 0.15) is 0 Å². The third-order valence-corrected chi connectivity index (χ3v) is 17.6. The van der Waals surface area contributed by atoms with E-state index in [1.807, 2.05) is 0 Å². The first-order chi connectivity index (χ1) is 39.2. The highest BCUT2D eigenvalue weighted by Crippen LogP contribution is 2.54. The lowest BCUT2D eigenvalue weighted by Gasteiger charge is -2.28. The smallest absolute Gasteiger partial charge is 0.0465 e. The zero-order valence-corrected chi connectivity index (χ0v) is 45.5. The average Bonchev–Trinajstić information content (AvgIpc) is 3.91. The Morgan fingerprint density at radius 3 is 1.06 bits per heavy atom. The van der Waals surface area contributed by atoms with Gasteiger partial charge in [-0.3, -0.25) is 0 Å². The van der Waals surface area contributed by atoms with Crippen LogP contribution in [0.15, 0.2) is 279 Å². The summed E-state index contributed by atoms with van der Waals surface area (Å²) in [5.41, 5.74) is 24.3. The number of nitrogens with zero attached hydrogens (tertiary/aromatic N) is 2. The van der Waals surface area contributed by atoms with E-state index >= 15 is 0 Å². The van der Waals surface area contributed by atoms with Crippen molar-refractivity contribution in [1.29, 1.82) is 0 Å². The third-order valence-electron chi connectivity index (χ3n) is 17.6. The first-order valence-corrected chi connectivity index (χ1v) is 28.1. The topological polar surface area (TPSA) is 6.48 Å². The molecule has 2 nitrogen and oxygen atoms in total. The summed E-state index contributed by atoms with van der Waals surface area (Å²) in [7, 11) is 0. The Labute approximate surface area is 469 Å². The van der Waals surface area contributed by atoms with Crippen molar-refractivity contribution in [3.8, 4) is 55.6 Å². The molecule has 0 radical (unpaired) electrons. The van der Waals surface area contributed by atoms with E-state index in [9.17, 15) is 0 Å². The minimum absolute atomic E-state index is 0.122. The van der Waals surface area contributed by atoms with Crippen LogP contribution in [0.25, 0.3) is 88.0 Å². The molecule has 0 aromatic heterocycles. The van der Waals surface area contributed by atoms with Crippen LogP contribution in [0.5, 0.6) is 0 Å². The Kier molecular flexibility index (Phi) is 10.9. The minimum atomic E-state index is -0.124. The molecule has 0 amide bonds. The molecular formula is C78H58N2. The molecule has 0 saturated carbocycles. The number of para-hydroxylation sites is 2. The maximum absolute atomic E-state index is 2.48. The van der Waals surface area contributed by atoms with E-state index in [1.54, 1.807) is 0 Å². The molecule has 0 N–H and O–H groups in total. The van der Waals surface area contributed by atoms with Gasteiger partial charge in [0, 0.05) is 45.0 Å². The van der Waals surface area contributed by atoms with Crippen molar-refractivity contribution in [2.45, 2.75) is 38.5 Å². The standard InChI is InChI=1S/C78H58N2/c1-77(2)70-34-20-18-30-62(70)64-46-44-58(48-72(64)77)79(54-24-10-6-11-25-54)56-40-36-52(37-41-56)69-50-68(51-22-8-5-9-23-51)74(76-67-33-17-15-29-61(67)60-28-14-16-32-66(60)75(69)76)53-38-42-57(43-39-53)80(55-26-12-7-13-27-55)59-45-47-65-63-31-19-21-35-71(63)78(3,4)73(65)49-59/h5-50H,1-4H3. The summed E-state index contributed by atoms with van der Waals surface area (Å²) in [4.78, 5) is 4.83. The summed E-state index contributed by atoms with van der Waals surface area (Å²) >= 11 is 0. The highest BCUT2D eigenvalue weighted by Gasteiger charge is 2.37. The summed E-state index contributed by atoms with van der Waals surface area (Å²) in [6.07, 6.45) is 0. The van der Waals surface area contributed by atoms with Gasteiger partial charge in [-0.05, 0) is 189 Å². The van der Waals surface area contributed by atoms with E-state index in [-0.39, 0.29) is 10.8 Å². The molecule has 15 rings (SSSR count). The monoisotopic (exact) mass is 1020 g/mol. The molecule has 13 aromatic carbocycles. The second-order valence-corrected chi connectivity index (χ2v) is 22.8. The molecule has 2 aliphatic rings. The zero-order chi connectivity index (χ0) is 53.7. The Morgan fingerprint density at radius 2 is 0.575 bits per heavy atom. The predicted molar refractivity (Wildman–Crippen MR) is 340 cm³/mol. The second kappa shape index (κ2) is 18.4. The van der Waals surface area contributed by atoms with Gasteiger partial charge in [0.2, 0.25) is 0 Å². The molecule has 380 valence electrons. The van der Waals surface area contributed by atoms with Crippen LogP contribution in [0.3, 0.4) is 0 Å². The Hall–Kier alpha value is -9.76. The zero-order valence-electron chi connectivity index (χ0n) is 45.5. The van der Waals surface area contributed by atoms with Gasteiger partial charge in [-0.15, -0.1) is 0 Å². The van der Waals surface area contributed by atoms with Crippen molar-refractivity contribution < 1.29 is 0 Å². The molecule has 2 aliphatic carbocycles. The highest BCUT2D eigenvalue weighted by atomic mass is 15.1. The summed E-state index contributed by atoms with van der Waals surface area (Å²) in [5, 5.41) is 7.47. The second-order valence-electron chi connectivity index (χ2n) is 22.8. The molecule has 0 bridgehead atoms. The average molecular weight is 1020 g/mol. The lowest BCUT2D eigenvalue weighted by atomic mass is 9.81. The SMILES string of the molecule is CC1(C)c2ccccc2-c2ccc(N(c3ccccc3)c3ccc(-c4cc(-c5ccccc5)c(-c5ccc(N(c6ccccc6)c6ccc7c(c6)C(C)(C)c6ccccc6-7)cc5)c5c6ccccc6c6ccccc6c45)cc3)cc21. The first kappa shape index (κ1) is 47.5. The third kappa shape index (κ3) is 7.40. The van der Waals surface area contributed by atoms with E-state index < -0.39 is 0 Å². The summed E-state index contributed by atoms with van der Waals surface area (Å²) in [5.74, 6) is 0. The maximum Gasteiger partial charge on any atom is 0.0465 e. The molecular weight excluding hydrogens is 965 g/mol. The van der Waals surface area contributed by atoms with Crippen LogP contribution >= 0.6 is 0 Å². The number of benzene rings is 13. The van der Waals surface area contributed by atoms with Crippen LogP contribution in [0.4, 0.5) is 34.1 Å². The van der Waals surface area contributed by atoms with Gasteiger partial charge in [-0.25, -0.2) is 0 Å². The molecule has 13 aromatic rings. The van der Waals surface area contributed by atoms with E-state index in [1.165, 1.54) is 99.1 Å². The summed E-state index contributed by atoms with van der Waals surface area (Å²) in [6.45, 7) is 9.44. The van der Waals surface area contributed by atoms with Crippen LogP contribution in [0.2, 0.25) is 0 Å². The van der Waals surface area contributed by atoms with Gasteiger partial charge >= 0.3 is 0 Å². The van der Waals surface area contributed by atoms with Gasteiger partial charge < -0.3 is 9.80 Å².